The molecule has 12 nitrogen and oxygen atoms in total. The lowest BCUT2D eigenvalue weighted by Crippen LogP contribution is -2.60. The fourth-order valence-electron chi connectivity index (χ4n) is 3.95. The maximum Gasteiger partial charge on any atom is 0.239 e. The number of aromatic hydroxyl groups is 1. The third kappa shape index (κ3) is 4.40. The molecule has 1 aliphatic heterocycles. The number of aliphatic hydroxyl groups excluding tert-OH is 4. The highest BCUT2D eigenvalue weighted by Crippen LogP contribution is 2.39. The minimum absolute atomic E-state index is 0.0420. The first-order chi connectivity index (χ1) is 17.2. The van der Waals surface area contributed by atoms with Gasteiger partial charge in [-0.15, -0.1) is 0 Å². The van der Waals surface area contributed by atoms with Crippen molar-refractivity contribution in [1.82, 2.24) is 0 Å². The molecule has 0 radical (unpaired) electrons. The Morgan fingerprint density at radius 3 is 2.31 bits per heavy atom. The molecule has 12 heteroatoms. The van der Waals surface area contributed by atoms with Crippen LogP contribution in [0.5, 0.6) is 28.7 Å². The second-order valence-electron chi connectivity index (χ2n) is 7.99. The molecule has 0 amide bonds. The Labute approximate surface area is 204 Å². The van der Waals surface area contributed by atoms with Gasteiger partial charge in [0.05, 0.1) is 27.9 Å². The van der Waals surface area contributed by atoms with Gasteiger partial charge in [-0.1, -0.05) is 0 Å². The van der Waals surface area contributed by atoms with Crippen molar-refractivity contribution in [3.63, 3.8) is 0 Å². The van der Waals surface area contributed by atoms with E-state index in [1.54, 1.807) is 0 Å². The molecule has 1 aromatic heterocycles. The van der Waals surface area contributed by atoms with E-state index in [1.165, 1.54) is 51.7 Å². The Balaban J connectivity index is 1.75. The molecule has 0 unspecified atom stereocenters. The molecule has 36 heavy (non-hydrogen) atoms. The van der Waals surface area contributed by atoms with Crippen LogP contribution in [0.3, 0.4) is 0 Å². The summed E-state index contributed by atoms with van der Waals surface area (Å²) in [4.78, 5) is 13.1. The highest BCUT2D eigenvalue weighted by molar-refractivity contribution is 5.88. The molecule has 194 valence electrons. The Bertz CT molecular complexity index is 1300. The Kier molecular flexibility index (Phi) is 7.24. The van der Waals surface area contributed by atoms with E-state index in [1.807, 2.05) is 0 Å². The predicted octanol–water partition coefficient (Wildman–Crippen LogP) is 0.370. The first-order valence-electron chi connectivity index (χ1n) is 10.8. The van der Waals surface area contributed by atoms with E-state index in [0.717, 1.165) is 0 Å². The summed E-state index contributed by atoms with van der Waals surface area (Å²) < 4.78 is 32.8. The van der Waals surface area contributed by atoms with Crippen LogP contribution in [-0.2, 0) is 4.74 Å². The number of methoxy groups -OCH3 is 3. The van der Waals surface area contributed by atoms with Crippen molar-refractivity contribution in [3.8, 4) is 40.1 Å². The molecule has 0 aliphatic carbocycles. The lowest BCUT2D eigenvalue weighted by molar-refractivity contribution is -0.277. The second-order valence-corrected chi connectivity index (χ2v) is 7.99. The summed E-state index contributed by atoms with van der Waals surface area (Å²) >= 11 is 0. The van der Waals surface area contributed by atoms with Crippen LogP contribution in [0, 0.1) is 0 Å². The van der Waals surface area contributed by atoms with Gasteiger partial charge >= 0.3 is 0 Å². The molecule has 3 aromatic rings. The average Bonchev–Trinajstić information content (AvgIpc) is 2.88. The van der Waals surface area contributed by atoms with Crippen molar-refractivity contribution in [3.05, 3.63) is 40.6 Å². The molecule has 0 bridgehead atoms. The van der Waals surface area contributed by atoms with Crippen molar-refractivity contribution in [1.29, 1.82) is 0 Å². The van der Waals surface area contributed by atoms with Gasteiger partial charge in [0.15, 0.2) is 17.3 Å². The van der Waals surface area contributed by atoms with E-state index in [9.17, 15) is 30.3 Å². The number of phenols is 1. The van der Waals surface area contributed by atoms with Crippen LogP contribution in [-0.4, -0.2) is 84.2 Å². The van der Waals surface area contributed by atoms with Gasteiger partial charge in [0.1, 0.15) is 46.9 Å². The third-order valence-electron chi connectivity index (χ3n) is 5.86. The van der Waals surface area contributed by atoms with Crippen molar-refractivity contribution in [2.45, 2.75) is 30.7 Å². The summed E-state index contributed by atoms with van der Waals surface area (Å²) in [5, 5.41) is 49.8. The van der Waals surface area contributed by atoms with Crippen LogP contribution in [0.4, 0.5) is 0 Å². The lowest BCUT2D eigenvalue weighted by atomic mass is 9.99. The molecule has 1 fully saturated rings. The minimum atomic E-state index is -1.62. The summed E-state index contributed by atoms with van der Waals surface area (Å²) in [6.07, 6.45) is -7.34. The van der Waals surface area contributed by atoms with Gasteiger partial charge in [-0.05, 0) is 18.2 Å². The first kappa shape index (κ1) is 25.5. The second kappa shape index (κ2) is 10.2. The maximum absolute atomic E-state index is 13.1. The van der Waals surface area contributed by atoms with Crippen molar-refractivity contribution in [2.24, 2.45) is 0 Å². The van der Waals surface area contributed by atoms with Crippen LogP contribution in [0.25, 0.3) is 22.3 Å². The van der Waals surface area contributed by atoms with Gasteiger partial charge in [0.2, 0.25) is 17.5 Å². The minimum Gasteiger partial charge on any atom is -0.507 e. The molecule has 0 saturated carbocycles. The number of benzene rings is 2. The van der Waals surface area contributed by atoms with Gasteiger partial charge in [-0.25, -0.2) is 0 Å². The monoisotopic (exact) mass is 506 g/mol. The molecular weight excluding hydrogens is 480 g/mol. The lowest BCUT2D eigenvalue weighted by Gasteiger charge is -2.39. The van der Waals surface area contributed by atoms with Gasteiger partial charge < -0.3 is 53.6 Å². The maximum atomic E-state index is 13.1. The fourth-order valence-corrected chi connectivity index (χ4v) is 3.95. The van der Waals surface area contributed by atoms with Gasteiger partial charge in [0.25, 0.3) is 0 Å². The smallest absolute Gasteiger partial charge is 0.239 e. The Hall–Kier alpha value is -3.55. The van der Waals surface area contributed by atoms with Crippen LogP contribution in [0.2, 0.25) is 0 Å². The van der Waals surface area contributed by atoms with Crippen LogP contribution in [0.1, 0.15) is 0 Å². The average molecular weight is 506 g/mol. The number of phenolic OH excluding ortho intramolecular Hbond substituents is 1. The van der Waals surface area contributed by atoms with E-state index in [4.69, 9.17) is 28.1 Å². The summed E-state index contributed by atoms with van der Waals surface area (Å²) in [5.74, 6) is 0.0617. The topological polar surface area (TPSA) is 178 Å². The SMILES string of the molecule is COc1cc(O)c2c(=O)c(OC)c(-c3ccc(O[C@@H]4O[C@H](CO)[C@@H](O)[C@H](O)[C@H]4O)c(OC)c3)oc2c1. The number of ether oxygens (including phenoxy) is 5. The van der Waals surface area contributed by atoms with E-state index in [0.29, 0.717) is 5.56 Å². The summed E-state index contributed by atoms with van der Waals surface area (Å²) in [6, 6.07) is 7.18. The predicted molar refractivity (Wildman–Crippen MR) is 124 cm³/mol. The summed E-state index contributed by atoms with van der Waals surface area (Å²) in [5.41, 5.74) is -0.186. The molecule has 1 aliphatic rings. The fraction of sp³-hybridized carbons (Fsp3) is 0.375. The van der Waals surface area contributed by atoms with E-state index >= 15 is 0 Å². The summed E-state index contributed by atoms with van der Waals surface area (Å²) in [6.45, 7) is -0.609. The number of aliphatic hydroxyl groups is 4. The Morgan fingerprint density at radius 1 is 0.917 bits per heavy atom. The Morgan fingerprint density at radius 2 is 1.67 bits per heavy atom. The molecular formula is C24H26O12. The molecule has 5 atom stereocenters. The molecule has 4 rings (SSSR count). The molecule has 1 saturated heterocycles. The molecule has 0 spiro atoms. The number of hydrogen-bond donors (Lipinski definition) is 5. The normalized spacial score (nSPS) is 23.9. The largest absolute Gasteiger partial charge is 0.507 e. The van der Waals surface area contributed by atoms with Crippen molar-refractivity contribution < 1.29 is 53.6 Å². The zero-order valence-electron chi connectivity index (χ0n) is 19.6. The van der Waals surface area contributed by atoms with Gasteiger partial charge in [-0.3, -0.25) is 4.79 Å². The molecule has 2 heterocycles. The van der Waals surface area contributed by atoms with Crippen molar-refractivity contribution in [2.75, 3.05) is 27.9 Å². The van der Waals surface area contributed by atoms with E-state index < -0.39 is 42.7 Å². The first-order valence-corrected chi connectivity index (χ1v) is 10.8. The van der Waals surface area contributed by atoms with E-state index in [2.05, 4.69) is 0 Å². The zero-order chi connectivity index (χ0) is 26.1. The highest BCUT2D eigenvalue weighted by Gasteiger charge is 2.45. The quantitative estimate of drug-likeness (QED) is 0.298. The van der Waals surface area contributed by atoms with Crippen LogP contribution in [0.15, 0.2) is 39.5 Å². The zero-order valence-corrected chi connectivity index (χ0v) is 19.6. The van der Waals surface area contributed by atoms with Gasteiger partial charge in [0, 0.05) is 17.7 Å². The van der Waals surface area contributed by atoms with Gasteiger partial charge in [-0.2, -0.15) is 0 Å². The highest BCUT2D eigenvalue weighted by atomic mass is 16.7. The van der Waals surface area contributed by atoms with Crippen LogP contribution >= 0.6 is 0 Å². The molecule has 2 aromatic carbocycles. The number of fused-ring (bicyclic) bond motifs is 1. The number of rotatable bonds is 7. The third-order valence-corrected chi connectivity index (χ3v) is 5.86. The van der Waals surface area contributed by atoms with Crippen LogP contribution < -0.4 is 24.4 Å². The standard InChI is InChI=1S/C24H26O12/c1-31-11-7-12(26)17-15(8-11)34-22(23(33-3)19(17)28)10-4-5-13(14(6-10)32-2)35-24-21(30)20(29)18(27)16(9-25)36-24/h4-8,16,18,20-21,24-27,29-30H,9H2,1-3H3/t16-,18-,20+,21-,24-/m1/s1. The van der Waals surface area contributed by atoms with Crippen molar-refractivity contribution >= 4 is 11.0 Å². The molecule has 5 N–H and O–H groups in total. The summed E-state index contributed by atoms with van der Waals surface area (Å²) in [7, 11) is 4.05. The van der Waals surface area contributed by atoms with E-state index in [-0.39, 0.29) is 45.5 Å². The number of hydrogen-bond acceptors (Lipinski definition) is 12.